The maximum Gasteiger partial charge on any atom is 0.415 e. The zero-order valence-corrected chi connectivity index (χ0v) is 11.7. The Morgan fingerprint density at radius 3 is 2.43 bits per heavy atom. The fourth-order valence-corrected chi connectivity index (χ4v) is 1.04. The van der Waals surface area contributed by atoms with Crippen LogP contribution in [0.5, 0.6) is 0 Å². The molecule has 0 radical (unpaired) electrons. The van der Waals surface area contributed by atoms with Crippen LogP contribution < -0.4 is 0 Å². The van der Waals surface area contributed by atoms with Crippen molar-refractivity contribution >= 4 is 24.0 Å². The van der Waals surface area contributed by atoms with Crippen LogP contribution in [0, 0.1) is 0 Å². The minimum Gasteiger partial charge on any atom is -0.461 e. The van der Waals surface area contributed by atoms with Crippen molar-refractivity contribution in [2.24, 2.45) is 0 Å². The average Bonchev–Trinajstić information content (AvgIpc) is 2.46. The van der Waals surface area contributed by atoms with Gasteiger partial charge in [-0.3, -0.25) is 0 Å². The van der Waals surface area contributed by atoms with Gasteiger partial charge in [-0.25, -0.2) is 14.8 Å². The number of carbonyl (C=O) groups is 2. The molecule has 0 amide bonds. The van der Waals surface area contributed by atoms with E-state index in [4.69, 9.17) is 14.7 Å². The summed E-state index contributed by atoms with van der Waals surface area (Å²) in [6.45, 7) is -0.381. The van der Waals surface area contributed by atoms with Crippen LogP contribution in [0.25, 0.3) is 0 Å². The lowest BCUT2D eigenvalue weighted by Crippen LogP contribution is -2.30. The molecular weight excluding hydrogens is 322 g/mol. The van der Waals surface area contributed by atoms with Crippen molar-refractivity contribution in [3.8, 4) is 0 Å². The molecule has 124 valence electrons. The summed E-state index contributed by atoms with van der Waals surface area (Å²) in [5, 5.41) is 6.43. The zero-order valence-electron chi connectivity index (χ0n) is 10.9. The van der Waals surface area contributed by atoms with E-state index in [0.29, 0.717) is 13.2 Å². The fourth-order valence-electron chi connectivity index (χ4n) is 0.801. The SMILES string of the molecule is COCCOCCOC(=O)COC(=O)C(F)(F)SOOO. The number of alkyl halides is 2. The first-order chi connectivity index (χ1) is 9.94. The molecule has 1 N–H and O–H groups in total. The molecule has 12 heteroatoms. The third-order valence-electron chi connectivity index (χ3n) is 1.65. The maximum atomic E-state index is 12.9. The van der Waals surface area contributed by atoms with E-state index < -0.39 is 35.8 Å². The summed E-state index contributed by atoms with van der Waals surface area (Å²) < 4.78 is 47.3. The Hall–Kier alpha value is -1.05. The number of hydrogen-bond acceptors (Lipinski definition) is 10. The van der Waals surface area contributed by atoms with E-state index in [1.807, 2.05) is 0 Å². The van der Waals surface area contributed by atoms with Gasteiger partial charge in [-0.2, -0.15) is 8.78 Å². The first-order valence-corrected chi connectivity index (χ1v) is 6.11. The fraction of sp³-hybridized carbons (Fsp3) is 0.778. The molecule has 0 saturated heterocycles. The molecule has 0 atom stereocenters. The molecule has 0 spiro atoms. The third-order valence-corrected chi connectivity index (χ3v) is 2.16. The van der Waals surface area contributed by atoms with Crippen LogP contribution in [-0.4, -0.2) is 62.6 Å². The summed E-state index contributed by atoms with van der Waals surface area (Å²) in [6.07, 6.45) is 0. The quantitative estimate of drug-likeness (QED) is 0.177. The summed E-state index contributed by atoms with van der Waals surface area (Å²) in [5.41, 5.74) is 0. The molecule has 9 nitrogen and oxygen atoms in total. The monoisotopic (exact) mass is 336 g/mol. The van der Waals surface area contributed by atoms with E-state index >= 15 is 0 Å². The number of esters is 2. The van der Waals surface area contributed by atoms with Gasteiger partial charge in [0.15, 0.2) is 6.61 Å². The van der Waals surface area contributed by atoms with Crippen LogP contribution in [0.1, 0.15) is 0 Å². The smallest absolute Gasteiger partial charge is 0.415 e. The van der Waals surface area contributed by atoms with E-state index in [0.717, 1.165) is 0 Å². The lowest BCUT2D eigenvalue weighted by atomic mass is 10.6. The predicted molar refractivity (Wildman–Crippen MR) is 61.9 cm³/mol. The van der Waals surface area contributed by atoms with Gasteiger partial charge in [-0.05, 0) is 0 Å². The summed E-state index contributed by atoms with van der Waals surface area (Å²) in [6, 6.07) is 0. The standard InChI is InChI=1S/C9H14F2O9S/c1-15-2-3-16-4-5-17-7(12)6-18-8(13)9(10,11)21-20-19-14/h14H,2-6H2,1H3. The zero-order chi connectivity index (χ0) is 16.1. The van der Waals surface area contributed by atoms with Crippen LogP contribution in [0.4, 0.5) is 8.78 Å². The van der Waals surface area contributed by atoms with Crippen LogP contribution >= 0.6 is 12.0 Å². The van der Waals surface area contributed by atoms with Crippen molar-refractivity contribution in [2.45, 2.75) is 5.25 Å². The number of hydrogen-bond donors (Lipinski definition) is 1. The second kappa shape index (κ2) is 11.6. The van der Waals surface area contributed by atoms with Gasteiger partial charge in [0.1, 0.15) is 18.6 Å². The van der Waals surface area contributed by atoms with Crippen molar-refractivity contribution < 1.29 is 51.9 Å². The molecule has 0 aromatic carbocycles. The van der Waals surface area contributed by atoms with Gasteiger partial charge in [-0.1, -0.05) is 5.04 Å². The molecule has 0 saturated carbocycles. The van der Waals surface area contributed by atoms with E-state index in [9.17, 15) is 18.4 Å². The highest BCUT2D eigenvalue weighted by Crippen LogP contribution is 2.31. The van der Waals surface area contributed by atoms with Gasteiger partial charge in [0.05, 0.1) is 19.8 Å². The highest BCUT2D eigenvalue weighted by Gasteiger charge is 2.44. The van der Waals surface area contributed by atoms with Gasteiger partial charge >= 0.3 is 17.2 Å². The molecule has 0 aromatic heterocycles. The number of halogens is 2. The maximum absolute atomic E-state index is 12.9. The molecule has 0 aliphatic heterocycles. The first kappa shape index (κ1) is 19.9. The number of ether oxygens (including phenoxy) is 4. The molecular formula is C9H14F2O9S. The molecule has 0 aliphatic carbocycles. The number of rotatable bonds is 12. The highest BCUT2D eigenvalue weighted by molar-refractivity contribution is 7.96. The van der Waals surface area contributed by atoms with Crippen molar-refractivity contribution in [1.29, 1.82) is 0 Å². The Bertz CT molecular complexity index is 316. The molecule has 0 rings (SSSR count). The first-order valence-electron chi connectivity index (χ1n) is 5.37. The Labute approximate surface area is 122 Å². The van der Waals surface area contributed by atoms with E-state index in [2.05, 4.69) is 18.8 Å². The summed E-state index contributed by atoms with van der Waals surface area (Å²) in [7, 11) is 1.49. The lowest BCUT2D eigenvalue weighted by molar-refractivity contribution is -0.433. The van der Waals surface area contributed by atoms with Crippen LogP contribution in [0.3, 0.4) is 0 Å². The van der Waals surface area contributed by atoms with Gasteiger partial charge in [0, 0.05) is 7.11 Å². The van der Waals surface area contributed by atoms with Gasteiger partial charge in [0.25, 0.3) is 0 Å². The Morgan fingerprint density at radius 2 is 1.81 bits per heavy atom. The second-order valence-corrected chi connectivity index (χ2v) is 3.96. The van der Waals surface area contributed by atoms with E-state index in [1.165, 1.54) is 7.11 Å². The van der Waals surface area contributed by atoms with Gasteiger partial charge < -0.3 is 18.9 Å². The van der Waals surface area contributed by atoms with Crippen molar-refractivity contribution in [2.75, 3.05) is 40.1 Å². The van der Waals surface area contributed by atoms with Crippen molar-refractivity contribution in [3.05, 3.63) is 0 Å². The van der Waals surface area contributed by atoms with Crippen LogP contribution in [-0.2, 0) is 37.9 Å². The summed E-state index contributed by atoms with van der Waals surface area (Å²) in [5.74, 6) is -3.09. The Morgan fingerprint density at radius 1 is 1.14 bits per heavy atom. The molecule has 21 heavy (non-hydrogen) atoms. The normalized spacial score (nSPS) is 11.2. The summed E-state index contributed by atoms with van der Waals surface area (Å²) in [4.78, 5) is 21.9. The number of carbonyl (C=O) groups excluding carboxylic acids is 2. The molecule has 0 heterocycles. The molecule has 0 aliphatic rings. The highest BCUT2D eigenvalue weighted by atomic mass is 32.2. The topological polar surface area (TPSA) is 110 Å². The average molecular weight is 336 g/mol. The molecule has 0 aromatic rings. The van der Waals surface area contributed by atoms with Gasteiger partial charge in [-0.15, -0.1) is 4.33 Å². The van der Waals surface area contributed by atoms with Gasteiger partial charge in [0.2, 0.25) is 0 Å². The molecule has 0 fully saturated rings. The molecule has 0 unspecified atom stereocenters. The van der Waals surface area contributed by atoms with Crippen molar-refractivity contribution in [3.63, 3.8) is 0 Å². The Kier molecular flexibility index (Phi) is 11.0. The number of methoxy groups -OCH3 is 1. The summed E-state index contributed by atoms with van der Waals surface area (Å²) >= 11 is -0.797. The predicted octanol–water partition coefficient (Wildman–Crippen LogP) is 0.398. The van der Waals surface area contributed by atoms with E-state index in [1.54, 1.807) is 0 Å². The molecule has 0 bridgehead atoms. The third kappa shape index (κ3) is 10.3. The van der Waals surface area contributed by atoms with Crippen LogP contribution in [0.15, 0.2) is 0 Å². The second-order valence-electron chi connectivity index (χ2n) is 3.14. The largest absolute Gasteiger partial charge is 0.461 e. The lowest BCUT2D eigenvalue weighted by Gasteiger charge is -2.11. The Balaban J connectivity index is 3.74. The van der Waals surface area contributed by atoms with E-state index in [-0.39, 0.29) is 13.2 Å². The van der Waals surface area contributed by atoms with Crippen LogP contribution in [0.2, 0.25) is 0 Å². The van der Waals surface area contributed by atoms with Crippen molar-refractivity contribution in [1.82, 2.24) is 0 Å². The minimum absolute atomic E-state index is 0.0801. The minimum atomic E-state index is -4.16.